The first-order chi connectivity index (χ1) is 29.9. The molecule has 0 spiro atoms. The molecule has 4 amide bonds. The Kier molecular flexibility index (Phi) is 35.0. The third-order valence-corrected chi connectivity index (χ3v) is 10.5. The molecular weight excluding hydrogens is 1040 g/mol. The van der Waals surface area contributed by atoms with E-state index in [0.717, 1.165) is 57.8 Å². The van der Waals surface area contributed by atoms with Gasteiger partial charge in [-0.1, -0.05) is 38.5 Å². The highest BCUT2D eigenvalue weighted by Crippen LogP contribution is 2.14. The van der Waals surface area contributed by atoms with Crippen LogP contribution in [0.25, 0.3) is 0 Å². The molecule has 7 N–H and O–H groups in total. The highest BCUT2D eigenvalue weighted by atomic mass is 127. The number of amides is 4. The molecule has 0 bridgehead atoms. The number of nitrogens with one attached hydrogen (secondary N) is 5. The Balaban J connectivity index is 1.93. The summed E-state index contributed by atoms with van der Waals surface area (Å²) in [6.07, 6.45) is 9.95. The summed E-state index contributed by atoms with van der Waals surface area (Å²) in [6, 6.07) is 4.99. The Morgan fingerprint density at radius 1 is 0.532 bits per heavy atom. The second-order valence-corrected chi connectivity index (χ2v) is 15.8. The van der Waals surface area contributed by atoms with Crippen LogP contribution in [0, 0.1) is 0 Å². The van der Waals surface area contributed by atoms with Crippen molar-refractivity contribution in [2.45, 2.75) is 102 Å². The highest BCUT2D eigenvalue weighted by molar-refractivity contribution is 14.1. The summed E-state index contributed by atoms with van der Waals surface area (Å²) in [5.41, 5.74) is 0.222. The smallest absolute Gasteiger partial charge is 0.335 e. The summed E-state index contributed by atoms with van der Waals surface area (Å²) in [4.78, 5) is 82.2. The lowest BCUT2D eigenvalue weighted by Crippen LogP contribution is -2.41. The third-order valence-electron chi connectivity index (χ3n) is 8.96. The van der Waals surface area contributed by atoms with Crippen molar-refractivity contribution < 1.29 is 67.5 Å². The van der Waals surface area contributed by atoms with Crippen molar-refractivity contribution in [2.24, 2.45) is 0 Å². The second kappa shape index (κ2) is 38.2. The van der Waals surface area contributed by atoms with E-state index < -0.39 is 18.0 Å². The maximum atomic E-state index is 12.3. The van der Waals surface area contributed by atoms with Crippen molar-refractivity contribution in [3.63, 3.8) is 0 Å². The number of hydrogen-bond acceptors (Lipinski definition) is 13. The molecular formula is C41H65I2N5O14. The van der Waals surface area contributed by atoms with Crippen LogP contribution in [0.5, 0.6) is 5.75 Å². The summed E-state index contributed by atoms with van der Waals surface area (Å²) in [5, 5.41) is 29.0. The molecule has 0 aromatic heterocycles. The summed E-state index contributed by atoms with van der Waals surface area (Å²) in [6.45, 7) is 2.59. The molecule has 0 heterocycles. The molecule has 19 nitrogen and oxygen atoms in total. The average Bonchev–Trinajstić information content (AvgIpc) is 3.24. The van der Waals surface area contributed by atoms with E-state index in [-0.39, 0.29) is 124 Å². The lowest BCUT2D eigenvalue weighted by molar-refractivity contribution is -0.142. The molecule has 0 unspecified atom stereocenters. The molecule has 352 valence electrons. The zero-order valence-electron chi connectivity index (χ0n) is 35.4. The number of halogens is 2. The van der Waals surface area contributed by atoms with E-state index >= 15 is 0 Å². The normalized spacial score (nSPS) is 11.9. The topological polar surface area (TPSA) is 266 Å². The number of rotatable bonds is 41. The lowest BCUT2D eigenvalue weighted by Gasteiger charge is -2.14. The number of aliphatic carboxylic acids is 1. The van der Waals surface area contributed by atoms with Gasteiger partial charge in [0.15, 0.2) is 0 Å². The van der Waals surface area contributed by atoms with Gasteiger partial charge in [0.2, 0.25) is 27.4 Å². The molecule has 0 saturated heterocycles. The molecule has 1 rings (SSSR count). The van der Waals surface area contributed by atoms with Gasteiger partial charge in [-0.15, -0.1) is 0 Å². The zero-order valence-corrected chi connectivity index (χ0v) is 39.7. The minimum atomic E-state index is -1.20. The van der Waals surface area contributed by atoms with E-state index in [1.807, 2.05) is 22.9 Å². The molecule has 62 heavy (non-hydrogen) atoms. The maximum absolute atomic E-state index is 12.3. The van der Waals surface area contributed by atoms with Gasteiger partial charge in [0.1, 0.15) is 25.0 Å². The first-order valence-corrected chi connectivity index (χ1v) is 23.2. The Morgan fingerprint density at radius 2 is 1.06 bits per heavy atom. The monoisotopic (exact) mass is 1110 g/mol. The minimum Gasteiger partial charge on any atom is -0.494 e. The van der Waals surface area contributed by atoms with Crippen LogP contribution in [0.2, 0.25) is 0 Å². The molecule has 0 fully saturated rings. The van der Waals surface area contributed by atoms with Crippen molar-refractivity contribution in [3.8, 4) is 5.75 Å². The van der Waals surface area contributed by atoms with Gasteiger partial charge < -0.3 is 55.2 Å². The van der Waals surface area contributed by atoms with Gasteiger partial charge in [-0.2, -0.15) is 0 Å². The predicted molar refractivity (Wildman–Crippen MR) is 245 cm³/mol. The highest BCUT2D eigenvalue weighted by Gasteiger charge is 2.21. The fourth-order valence-electron chi connectivity index (χ4n) is 5.53. The Hall–Kier alpha value is -3.23. The van der Waals surface area contributed by atoms with Gasteiger partial charge in [0.25, 0.3) is 0 Å². The minimum absolute atomic E-state index is 0.0447. The quantitative estimate of drug-likeness (QED) is 0.0214. The Bertz CT molecular complexity index is 1440. The van der Waals surface area contributed by atoms with E-state index in [9.17, 15) is 38.7 Å². The predicted octanol–water partition coefficient (Wildman–Crippen LogP) is 3.48. The number of benzene rings is 1. The number of hydrogen-bond donors (Lipinski definition) is 7. The summed E-state index contributed by atoms with van der Waals surface area (Å²) in [7, 11) is 0. The number of ether oxygens (including phenoxy) is 5. The van der Waals surface area contributed by atoms with Crippen molar-refractivity contribution >= 4 is 84.8 Å². The fourth-order valence-corrected chi connectivity index (χ4v) is 7.19. The SMILES string of the molecule is O=C(CC[C@H](NC(=O)CCCCCCCCCCOc1ccc(C(=O)O)cc1)C(=O)O)NCCOCCOCC(=O)NCCOCCOCC(=O)NCCCC[C@H](NI)C(=O)I. The number of unbranched alkanes of at least 4 members (excludes halogenated alkanes) is 8. The van der Waals surface area contributed by atoms with E-state index in [0.29, 0.717) is 31.7 Å². The van der Waals surface area contributed by atoms with Gasteiger partial charge in [-0.05, 0) is 62.8 Å². The molecule has 0 aliphatic carbocycles. The molecule has 21 heteroatoms. The molecule has 0 saturated carbocycles. The molecule has 0 aliphatic rings. The van der Waals surface area contributed by atoms with Crippen molar-refractivity contribution in [1.82, 2.24) is 24.8 Å². The van der Waals surface area contributed by atoms with Gasteiger partial charge in [0.05, 0.1) is 57.9 Å². The fraction of sp³-hybridized carbons (Fsp3) is 0.683. The van der Waals surface area contributed by atoms with Gasteiger partial charge in [-0.3, -0.25) is 24.0 Å². The average molecular weight is 1110 g/mol. The van der Waals surface area contributed by atoms with Crippen LogP contribution in [0.15, 0.2) is 24.3 Å². The van der Waals surface area contributed by atoms with Crippen LogP contribution in [0.1, 0.15) is 100 Å². The first-order valence-electron chi connectivity index (χ1n) is 21.1. The number of carboxylic acid groups (broad SMARTS) is 2. The summed E-state index contributed by atoms with van der Waals surface area (Å²) < 4.78 is 30.0. The van der Waals surface area contributed by atoms with Crippen LogP contribution < -0.4 is 29.5 Å². The van der Waals surface area contributed by atoms with Crippen LogP contribution in [0.3, 0.4) is 0 Å². The van der Waals surface area contributed by atoms with Gasteiger partial charge in [-0.25, -0.2) is 13.1 Å². The maximum Gasteiger partial charge on any atom is 0.335 e. The first kappa shape index (κ1) is 56.8. The molecule has 1 aromatic rings. The molecule has 0 radical (unpaired) electrons. The number of carboxylic acids is 2. The van der Waals surface area contributed by atoms with Gasteiger partial charge in [0, 0.05) is 77.9 Å². The number of carbonyl (C=O) groups excluding carboxylic acids is 5. The van der Waals surface area contributed by atoms with Crippen LogP contribution in [-0.4, -0.2) is 141 Å². The second-order valence-electron chi connectivity index (χ2n) is 14.1. The lowest BCUT2D eigenvalue weighted by atomic mass is 10.1. The van der Waals surface area contributed by atoms with Crippen LogP contribution in [-0.2, 0) is 47.7 Å². The van der Waals surface area contributed by atoms with Crippen molar-refractivity contribution in [3.05, 3.63) is 29.8 Å². The Morgan fingerprint density at radius 3 is 1.61 bits per heavy atom. The number of aromatic carboxylic acids is 1. The molecule has 2 atom stereocenters. The summed E-state index contributed by atoms with van der Waals surface area (Å²) in [5.74, 6) is -2.79. The van der Waals surface area contributed by atoms with Gasteiger partial charge >= 0.3 is 11.9 Å². The third kappa shape index (κ3) is 32.4. The van der Waals surface area contributed by atoms with Crippen molar-refractivity contribution in [2.75, 3.05) is 79.1 Å². The standard InChI is InChI=1S/C41H65I2N5O14/c42-39(53)33(48-43)11-8-9-19-44-37(51)29-60-27-26-59-24-21-46-38(52)30-61-28-25-58-23-20-45-35(49)18-17-34(41(56)57)47-36(50)12-7-5-3-1-2-4-6-10-22-62-32-15-13-31(14-16-32)40(54)55/h13-16,33-34,48H,1-12,17-30H2,(H,44,51)(H,45,49)(H,46,52)(H,47,50)(H,54,55)(H,56,57)/t33-,34-/m0/s1. The van der Waals surface area contributed by atoms with Crippen LogP contribution >= 0.6 is 45.5 Å². The Labute approximate surface area is 391 Å². The zero-order chi connectivity index (χ0) is 45.6. The van der Waals surface area contributed by atoms with E-state index in [2.05, 4.69) is 24.8 Å². The van der Waals surface area contributed by atoms with Crippen molar-refractivity contribution in [1.29, 1.82) is 0 Å². The number of carbonyl (C=O) groups is 7. The molecule has 1 aromatic carbocycles. The molecule has 0 aliphatic heterocycles. The van der Waals surface area contributed by atoms with E-state index in [1.165, 1.54) is 12.1 Å². The van der Waals surface area contributed by atoms with Crippen LogP contribution in [0.4, 0.5) is 0 Å². The van der Waals surface area contributed by atoms with E-state index in [4.69, 9.17) is 28.8 Å². The largest absolute Gasteiger partial charge is 0.494 e. The summed E-state index contributed by atoms with van der Waals surface area (Å²) >= 11 is 3.73. The van der Waals surface area contributed by atoms with E-state index in [1.54, 1.807) is 34.7 Å².